The molecule has 1 N–H and O–H groups in total. The molecule has 0 bridgehead atoms. The summed E-state index contributed by atoms with van der Waals surface area (Å²) in [5.41, 5.74) is 1.20. The average Bonchev–Trinajstić information content (AvgIpc) is 2.44. The Balaban J connectivity index is 2.42. The summed E-state index contributed by atoms with van der Waals surface area (Å²) in [4.78, 5) is 23.9. The van der Waals surface area contributed by atoms with E-state index in [9.17, 15) is 14.7 Å². The maximum absolute atomic E-state index is 11.6. The zero-order chi connectivity index (χ0) is 11.0. The maximum atomic E-state index is 11.6. The van der Waals surface area contributed by atoms with E-state index in [1.165, 1.54) is 11.8 Å². The van der Waals surface area contributed by atoms with Gasteiger partial charge in [-0.05, 0) is 13.0 Å². The van der Waals surface area contributed by atoms with Gasteiger partial charge in [-0.3, -0.25) is 9.59 Å². The number of rotatable bonds is 2. The molecule has 1 aliphatic rings. The number of Topliss-reactive ketones (excluding diaryl/α,β-unsaturated/α-hetero) is 1. The predicted octanol–water partition coefficient (Wildman–Crippen LogP) is 0.656. The van der Waals surface area contributed by atoms with E-state index in [-0.39, 0.29) is 12.3 Å². The minimum Gasteiger partial charge on any atom is -0.378 e. The monoisotopic (exact) mass is 205 g/mol. The van der Waals surface area contributed by atoms with Crippen LogP contribution in [0.3, 0.4) is 0 Å². The summed E-state index contributed by atoms with van der Waals surface area (Å²) in [6, 6.07) is 6.95. The number of para-hydroxylation sites is 1. The highest BCUT2D eigenvalue weighted by atomic mass is 16.3. The fraction of sp³-hybridized carbons (Fsp3) is 0.273. The summed E-state index contributed by atoms with van der Waals surface area (Å²) < 4.78 is 0. The van der Waals surface area contributed by atoms with E-state index in [4.69, 9.17) is 0 Å². The lowest BCUT2D eigenvalue weighted by Gasteiger charge is -2.14. The van der Waals surface area contributed by atoms with Crippen LogP contribution in [0.15, 0.2) is 24.3 Å². The predicted molar refractivity (Wildman–Crippen MR) is 54.4 cm³/mol. The van der Waals surface area contributed by atoms with Crippen molar-refractivity contribution in [1.82, 2.24) is 0 Å². The van der Waals surface area contributed by atoms with Gasteiger partial charge in [0.1, 0.15) is 5.78 Å². The molecule has 1 amide bonds. The van der Waals surface area contributed by atoms with Gasteiger partial charge in [-0.2, -0.15) is 0 Å². The van der Waals surface area contributed by atoms with Crippen LogP contribution in [0.5, 0.6) is 0 Å². The van der Waals surface area contributed by atoms with Crippen LogP contribution in [0, 0.1) is 0 Å². The second kappa shape index (κ2) is 3.47. The number of amides is 1. The Kier molecular flexibility index (Phi) is 2.28. The Morgan fingerprint density at radius 2 is 2.13 bits per heavy atom. The first-order valence-electron chi connectivity index (χ1n) is 4.69. The number of nitrogens with zero attached hydrogens (tertiary/aromatic N) is 1. The molecule has 4 heteroatoms. The smallest absolute Gasteiger partial charge is 0.260 e. The van der Waals surface area contributed by atoms with E-state index in [0.717, 1.165) is 0 Å². The molecule has 1 aromatic rings. The molecule has 0 saturated heterocycles. The number of hydrogen-bond acceptors (Lipinski definition) is 3. The molecule has 1 aliphatic heterocycles. The molecule has 15 heavy (non-hydrogen) atoms. The first-order chi connectivity index (χ1) is 7.11. The summed E-state index contributed by atoms with van der Waals surface area (Å²) in [7, 11) is 0. The zero-order valence-corrected chi connectivity index (χ0v) is 8.30. The van der Waals surface area contributed by atoms with Gasteiger partial charge in [-0.25, -0.2) is 0 Å². The Morgan fingerprint density at radius 1 is 1.47 bits per heavy atom. The van der Waals surface area contributed by atoms with E-state index < -0.39 is 12.0 Å². The second-order valence-electron chi connectivity index (χ2n) is 3.59. The third-order valence-electron chi connectivity index (χ3n) is 2.40. The van der Waals surface area contributed by atoms with Gasteiger partial charge in [0.05, 0.1) is 12.2 Å². The molecule has 1 unspecified atom stereocenters. The minimum absolute atomic E-state index is 0.0207. The van der Waals surface area contributed by atoms with Crippen LogP contribution >= 0.6 is 0 Å². The summed E-state index contributed by atoms with van der Waals surface area (Å²) in [5, 5.41) is 9.63. The molecule has 0 spiro atoms. The van der Waals surface area contributed by atoms with Gasteiger partial charge >= 0.3 is 0 Å². The molecule has 0 aliphatic carbocycles. The molecule has 2 rings (SSSR count). The topological polar surface area (TPSA) is 57.6 Å². The van der Waals surface area contributed by atoms with Crippen molar-refractivity contribution < 1.29 is 14.7 Å². The number of hydrogen-bond donors (Lipinski definition) is 1. The van der Waals surface area contributed by atoms with Crippen molar-refractivity contribution >= 4 is 17.4 Å². The third kappa shape index (κ3) is 1.53. The molecular weight excluding hydrogens is 194 g/mol. The molecule has 0 saturated carbocycles. The van der Waals surface area contributed by atoms with Gasteiger partial charge in [-0.15, -0.1) is 0 Å². The van der Waals surface area contributed by atoms with Crippen molar-refractivity contribution in [2.24, 2.45) is 0 Å². The number of carbonyl (C=O) groups is 2. The lowest BCUT2D eigenvalue weighted by atomic mass is 10.1. The molecule has 1 heterocycles. The van der Waals surface area contributed by atoms with E-state index in [0.29, 0.717) is 11.3 Å². The normalized spacial score (nSPS) is 19.2. The van der Waals surface area contributed by atoms with Crippen LogP contribution in [-0.2, 0) is 9.59 Å². The summed E-state index contributed by atoms with van der Waals surface area (Å²) in [6.45, 7) is 1.44. The molecule has 1 aromatic carbocycles. The highest BCUT2D eigenvalue weighted by Crippen LogP contribution is 2.34. The van der Waals surface area contributed by atoms with Crippen molar-refractivity contribution in [3.8, 4) is 0 Å². The summed E-state index contributed by atoms with van der Waals surface area (Å²) in [5.74, 6) is -0.529. The number of benzene rings is 1. The molecule has 1 atom stereocenters. The standard InChI is InChI=1S/C11H11NO3/c1-7(13)6-12-9-5-3-2-4-8(9)10(14)11(12)15/h2-5,10,14H,6H2,1H3. The number of ketones is 1. The Bertz CT molecular complexity index is 428. The van der Waals surface area contributed by atoms with Gasteiger partial charge in [0, 0.05) is 5.56 Å². The molecular formula is C11H11NO3. The quantitative estimate of drug-likeness (QED) is 0.771. The van der Waals surface area contributed by atoms with Crippen LogP contribution in [0.1, 0.15) is 18.6 Å². The zero-order valence-electron chi connectivity index (χ0n) is 8.30. The van der Waals surface area contributed by atoms with Crippen molar-refractivity contribution in [1.29, 1.82) is 0 Å². The number of carbonyl (C=O) groups excluding carboxylic acids is 2. The average molecular weight is 205 g/mol. The highest BCUT2D eigenvalue weighted by molar-refractivity contribution is 6.06. The second-order valence-corrected chi connectivity index (χ2v) is 3.59. The van der Waals surface area contributed by atoms with Gasteiger partial charge in [0.15, 0.2) is 6.10 Å². The molecule has 0 aromatic heterocycles. The van der Waals surface area contributed by atoms with Crippen molar-refractivity contribution in [3.63, 3.8) is 0 Å². The molecule has 0 radical (unpaired) electrons. The fourth-order valence-electron chi connectivity index (χ4n) is 1.75. The summed E-state index contributed by atoms with van der Waals surface area (Å²) >= 11 is 0. The fourth-order valence-corrected chi connectivity index (χ4v) is 1.75. The Morgan fingerprint density at radius 3 is 2.80 bits per heavy atom. The SMILES string of the molecule is CC(=O)CN1C(=O)C(O)c2ccccc21. The van der Waals surface area contributed by atoms with Crippen LogP contribution in [0.2, 0.25) is 0 Å². The van der Waals surface area contributed by atoms with E-state index in [1.807, 2.05) is 0 Å². The van der Waals surface area contributed by atoms with Crippen LogP contribution < -0.4 is 4.90 Å². The largest absolute Gasteiger partial charge is 0.378 e. The number of fused-ring (bicyclic) bond motifs is 1. The lowest BCUT2D eigenvalue weighted by molar-refractivity contribution is -0.127. The van der Waals surface area contributed by atoms with Crippen molar-refractivity contribution in [2.45, 2.75) is 13.0 Å². The number of anilines is 1. The first-order valence-corrected chi connectivity index (χ1v) is 4.69. The third-order valence-corrected chi connectivity index (χ3v) is 2.40. The van der Waals surface area contributed by atoms with E-state index in [1.54, 1.807) is 24.3 Å². The Hall–Kier alpha value is -1.68. The van der Waals surface area contributed by atoms with E-state index in [2.05, 4.69) is 0 Å². The van der Waals surface area contributed by atoms with Gasteiger partial charge in [0.25, 0.3) is 5.91 Å². The van der Waals surface area contributed by atoms with E-state index >= 15 is 0 Å². The Labute approximate surface area is 87.1 Å². The highest BCUT2D eigenvalue weighted by Gasteiger charge is 2.35. The first kappa shape index (κ1) is 9.86. The van der Waals surface area contributed by atoms with Crippen LogP contribution in [0.25, 0.3) is 0 Å². The molecule has 4 nitrogen and oxygen atoms in total. The van der Waals surface area contributed by atoms with Crippen molar-refractivity contribution in [3.05, 3.63) is 29.8 Å². The van der Waals surface area contributed by atoms with Gasteiger partial charge in [-0.1, -0.05) is 18.2 Å². The lowest BCUT2D eigenvalue weighted by Crippen LogP contribution is -2.32. The van der Waals surface area contributed by atoms with Gasteiger partial charge in [0.2, 0.25) is 0 Å². The van der Waals surface area contributed by atoms with Crippen molar-refractivity contribution in [2.75, 3.05) is 11.4 Å². The number of aliphatic hydroxyl groups is 1. The molecule has 78 valence electrons. The summed E-state index contributed by atoms with van der Waals surface area (Å²) in [6.07, 6.45) is -1.12. The van der Waals surface area contributed by atoms with Crippen LogP contribution in [0.4, 0.5) is 5.69 Å². The van der Waals surface area contributed by atoms with Crippen LogP contribution in [-0.4, -0.2) is 23.3 Å². The van der Waals surface area contributed by atoms with Gasteiger partial charge < -0.3 is 10.0 Å². The molecule has 0 fully saturated rings. The minimum atomic E-state index is -1.12. The number of aliphatic hydroxyl groups excluding tert-OH is 1. The maximum Gasteiger partial charge on any atom is 0.260 e.